The molecule has 1 heterocycles. The molecule has 0 unspecified atom stereocenters. The molecule has 0 radical (unpaired) electrons. The van der Waals surface area contributed by atoms with Gasteiger partial charge in [0.25, 0.3) is 0 Å². The van der Waals surface area contributed by atoms with E-state index in [-0.39, 0.29) is 0 Å². The van der Waals surface area contributed by atoms with Gasteiger partial charge in [-0.05, 0) is 6.04 Å². The van der Waals surface area contributed by atoms with Crippen LogP contribution in [0.4, 0.5) is 0 Å². The van der Waals surface area contributed by atoms with Gasteiger partial charge in [0.1, 0.15) is 0 Å². The standard InChI is InChI=1S/C5H12BNO/c1-5(2)7-3-4-8-6-7/h5-6H,3-4H2,1-2H3. The van der Waals surface area contributed by atoms with Gasteiger partial charge in [-0.15, -0.1) is 0 Å². The van der Waals surface area contributed by atoms with Crippen molar-refractivity contribution in [3.63, 3.8) is 0 Å². The number of hydrogen-bond acceptors (Lipinski definition) is 2. The van der Waals surface area contributed by atoms with Gasteiger partial charge in [0.05, 0.1) is 0 Å². The molecule has 1 fully saturated rings. The zero-order valence-corrected chi connectivity index (χ0v) is 5.55. The minimum Gasteiger partial charge on any atom is -0.423 e. The molecule has 0 aromatic rings. The van der Waals surface area contributed by atoms with Crippen LogP contribution in [0.1, 0.15) is 13.8 Å². The highest BCUT2D eigenvalue weighted by Gasteiger charge is 2.16. The van der Waals surface area contributed by atoms with Gasteiger partial charge in [-0.1, -0.05) is 13.8 Å². The van der Waals surface area contributed by atoms with E-state index < -0.39 is 0 Å². The molecule has 0 N–H and O–H groups in total. The Hall–Kier alpha value is -0.0151. The molecule has 0 aromatic heterocycles. The largest absolute Gasteiger partial charge is 0.423 e. The number of rotatable bonds is 1. The molecule has 0 atom stereocenters. The molecular formula is C5H12BNO. The van der Waals surface area contributed by atoms with Crippen LogP contribution in [0.2, 0.25) is 0 Å². The van der Waals surface area contributed by atoms with Crippen molar-refractivity contribution < 1.29 is 4.65 Å². The topological polar surface area (TPSA) is 12.5 Å². The molecule has 0 spiro atoms. The van der Waals surface area contributed by atoms with Crippen LogP contribution in [0.5, 0.6) is 0 Å². The first-order valence-electron chi connectivity index (χ1n) is 3.12. The average molecular weight is 113 g/mol. The van der Waals surface area contributed by atoms with Gasteiger partial charge < -0.3 is 9.47 Å². The Kier molecular flexibility index (Phi) is 1.92. The fourth-order valence-electron chi connectivity index (χ4n) is 0.835. The van der Waals surface area contributed by atoms with Crippen LogP contribution in [-0.2, 0) is 4.65 Å². The van der Waals surface area contributed by atoms with E-state index in [0.717, 1.165) is 20.8 Å². The Bertz CT molecular complexity index is 70.8. The molecule has 1 aliphatic heterocycles. The van der Waals surface area contributed by atoms with Gasteiger partial charge in [0.2, 0.25) is 0 Å². The summed E-state index contributed by atoms with van der Waals surface area (Å²) in [6.45, 7) is 6.40. The third-order valence-corrected chi connectivity index (χ3v) is 1.51. The molecule has 1 aliphatic rings. The van der Waals surface area contributed by atoms with Crippen molar-refractivity contribution in [3.8, 4) is 0 Å². The average Bonchev–Trinajstić information content (AvgIpc) is 2.12. The summed E-state index contributed by atoms with van der Waals surface area (Å²) in [6, 6.07) is 0.650. The summed E-state index contributed by atoms with van der Waals surface area (Å²) in [6.07, 6.45) is 0. The first kappa shape index (κ1) is 6.11. The highest BCUT2D eigenvalue weighted by molar-refractivity contribution is 6.24. The summed E-state index contributed by atoms with van der Waals surface area (Å²) in [5.41, 5.74) is 0. The van der Waals surface area contributed by atoms with Crippen molar-refractivity contribution in [1.82, 2.24) is 4.81 Å². The van der Waals surface area contributed by atoms with Gasteiger partial charge in [-0.25, -0.2) is 0 Å². The van der Waals surface area contributed by atoms with E-state index in [2.05, 4.69) is 18.7 Å². The summed E-state index contributed by atoms with van der Waals surface area (Å²) in [7, 11) is 0.831. The van der Waals surface area contributed by atoms with Crippen molar-refractivity contribution in [2.45, 2.75) is 19.9 Å². The third kappa shape index (κ3) is 1.23. The highest BCUT2D eigenvalue weighted by Crippen LogP contribution is 2.00. The summed E-state index contributed by atoms with van der Waals surface area (Å²) in [5.74, 6) is 0. The van der Waals surface area contributed by atoms with Gasteiger partial charge in [0, 0.05) is 13.2 Å². The van der Waals surface area contributed by atoms with E-state index in [1.807, 2.05) is 0 Å². The zero-order valence-electron chi connectivity index (χ0n) is 5.55. The van der Waals surface area contributed by atoms with E-state index in [0.29, 0.717) is 6.04 Å². The lowest BCUT2D eigenvalue weighted by Crippen LogP contribution is -2.29. The lowest BCUT2D eigenvalue weighted by molar-refractivity contribution is 0.375. The second-order valence-corrected chi connectivity index (χ2v) is 2.44. The van der Waals surface area contributed by atoms with Crippen molar-refractivity contribution in [1.29, 1.82) is 0 Å². The van der Waals surface area contributed by atoms with Crippen molar-refractivity contribution in [2.75, 3.05) is 13.2 Å². The SMILES string of the molecule is CC(C)N1BOCC1. The van der Waals surface area contributed by atoms with Gasteiger partial charge in [-0.2, -0.15) is 0 Å². The van der Waals surface area contributed by atoms with Gasteiger partial charge in [0.15, 0.2) is 0 Å². The smallest absolute Gasteiger partial charge is 0.363 e. The van der Waals surface area contributed by atoms with Crippen molar-refractivity contribution in [3.05, 3.63) is 0 Å². The molecule has 0 bridgehead atoms. The zero-order chi connectivity index (χ0) is 5.98. The molecule has 3 heteroatoms. The third-order valence-electron chi connectivity index (χ3n) is 1.51. The van der Waals surface area contributed by atoms with E-state index in [9.17, 15) is 0 Å². The van der Waals surface area contributed by atoms with Gasteiger partial charge >= 0.3 is 7.62 Å². The minimum atomic E-state index is 0.650. The highest BCUT2D eigenvalue weighted by atomic mass is 16.4. The lowest BCUT2D eigenvalue weighted by Gasteiger charge is -2.15. The fourth-order valence-corrected chi connectivity index (χ4v) is 0.835. The first-order chi connectivity index (χ1) is 3.80. The van der Waals surface area contributed by atoms with Crippen LogP contribution in [0.15, 0.2) is 0 Å². The normalized spacial score (nSPS) is 21.9. The summed E-state index contributed by atoms with van der Waals surface area (Å²) in [5, 5.41) is 0. The van der Waals surface area contributed by atoms with E-state index in [1.165, 1.54) is 0 Å². The van der Waals surface area contributed by atoms with Crippen LogP contribution < -0.4 is 0 Å². The molecule has 0 aromatic carbocycles. The van der Waals surface area contributed by atoms with E-state index in [1.54, 1.807) is 0 Å². The summed E-state index contributed by atoms with van der Waals surface area (Å²) < 4.78 is 5.14. The maximum atomic E-state index is 5.14. The molecule has 0 aliphatic carbocycles. The maximum Gasteiger partial charge on any atom is 0.363 e. The van der Waals surface area contributed by atoms with Crippen LogP contribution >= 0.6 is 0 Å². The first-order valence-corrected chi connectivity index (χ1v) is 3.12. The molecule has 0 amide bonds. The Balaban J connectivity index is 2.24. The van der Waals surface area contributed by atoms with Gasteiger partial charge in [-0.3, -0.25) is 0 Å². The molecule has 2 nitrogen and oxygen atoms in total. The Labute approximate surface area is 51.1 Å². The van der Waals surface area contributed by atoms with Crippen LogP contribution in [0.25, 0.3) is 0 Å². The predicted molar refractivity (Wildman–Crippen MR) is 34.9 cm³/mol. The Morgan fingerprint density at radius 1 is 1.62 bits per heavy atom. The second kappa shape index (κ2) is 2.51. The quantitative estimate of drug-likeness (QED) is 0.443. The molecule has 0 saturated carbocycles. The summed E-state index contributed by atoms with van der Waals surface area (Å²) in [4.78, 5) is 2.31. The van der Waals surface area contributed by atoms with Crippen molar-refractivity contribution >= 4 is 7.62 Å². The van der Waals surface area contributed by atoms with Crippen LogP contribution in [0, 0.1) is 0 Å². The lowest BCUT2D eigenvalue weighted by atomic mass is 10.1. The van der Waals surface area contributed by atoms with Crippen LogP contribution in [0.3, 0.4) is 0 Å². The number of nitrogens with zero attached hydrogens (tertiary/aromatic N) is 1. The molecule has 8 heavy (non-hydrogen) atoms. The predicted octanol–water partition coefficient (Wildman–Crippen LogP) is -0.00650. The molecular weight excluding hydrogens is 101 g/mol. The minimum absolute atomic E-state index is 0.650. The summed E-state index contributed by atoms with van der Waals surface area (Å²) >= 11 is 0. The van der Waals surface area contributed by atoms with Crippen LogP contribution in [-0.4, -0.2) is 31.6 Å². The number of hydrogen-bond donors (Lipinski definition) is 0. The Morgan fingerprint density at radius 3 is 2.62 bits per heavy atom. The van der Waals surface area contributed by atoms with E-state index >= 15 is 0 Å². The van der Waals surface area contributed by atoms with E-state index in [4.69, 9.17) is 4.65 Å². The monoisotopic (exact) mass is 113 g/mol. The Morgan fingerprint density at radius 2 is 2.38 bits per heavy atom. The molecule has 1 saturated heterocycles. The molecule has 46 valence electrons. The second-order valence-electron chi connectivity index (χ2n) is 2.44. The molecule has 1 rings (SSSR count). The fraction of sp³-hybridized carbons (Fsp3) is 1.00. The van der Waals surface area contributed by atoms with Crippen molar-refractivity contribution in [2.24, 2.45) is 0 Å². The maximum absolute atomic E-state index is 5.14.